The Labute approximate surface area is 112 Å². The van der Waals surface area contributed by atoms with Gasteiger partial charge in [0.05, 0.1) is 19.3 Å². The fraction of sp³-hybridized carbons (Fsp3) is 0.750. The van der Waals surface area contributed by atoms with E-state index in [-0.39, 0.29) is 6.04 Å². The third-order valence-corrected chi connectivity index (χ3v) is 4.50. The minimum Gasteiger partial charge on any atom is -0.493 e. The number of aliphatic hydroxyl groups is 1. The summed E-state index contributed by atoms with van der Waals surface area (Å²) in [7, 11) is 3.68. The molecular formula is C12H21N3O2S. The molecule has 0 radical (unpaired) electrons. The fourth-order valence-corrected chi connectivity index (χ4v) is 3.57. The summed E-state index contributed by atoms with van der Waals surface area (Å²) >= 11 is 1.89. The van der Waals surface area contributed by atoms with E-state index >= 15 is 0 Å². The van der Waals surface area contributed by atoms with Crippen LogP contribution in [-0.4, -0.2) is 58.0 Å². The van der Waals surface area contributed by atoms with Crippen molar-refractivity contribution in [3.8, 4) is 5.75 Å². The fourth-order valence-electron chi connectivity index (χ4n) is 2.31. The molecule has 0 spiro atoms. The number of likely N-dealkylation sites (N-methyl/N-ethyl adjacent to an activating group) is 1. The summed E-state index contributed by atoms with van der Waals surface area (Å²) in [5.74, 6) is 2.74. The van der Waals surface area contributed by atoms with Gasteiger partial charge in [0.15, 0.2) is 5.75 Å². The Morgan fingerprint density at radius 1 is 1.67 bits per heavy atom. The summed E-state index contributed by atoms with van der Waals surface area (Å²) < 4.78 is 7.12. The van der Waals surface area contributed by atoms with Crippen LogP contribution < -0.4 is 4.74 Å². The summed E-state index contributed by atoms with van der Waals surface area (Å²) in [5.41, 5.74) is 0.791. The van der Waals surface area contributed by atoms with E-state index in [4.69, 9.17) is 4.74 Å². The lowest BCUT2D eigenvalue weighted by molar-refractivity contribution is 0.0669. The molecule has 18 heavy (non-hydrogen) atoms. The second-order valence-electron chi connectivity index (χ2n) is 4.48. The summed E-state index contributed by atoms with van der Waals surface area (Å²) in [6.07, 6.45) is 1.12. The zero-order valence-electron chi connectivity index (χ0n) is 11.2. The number of aliphatic hydroxyl groups excluding tert-OH is 1. The molecule has 102 valence electrons. The van der Waals surface area contributed by atoms with E-state index in [0.717, 1.165) is 30.3 Å². The molecule has 1 saturated heterocycles. The quantitative estimate of drug-likeness (QED) is 0.885. The third-order valence-electron chi connectivity index (χ3n) is 3.45. The lowest BCUT2D eigenvalue weighted by atomic mass is 10.1. The third kappa shape index (κ3) is 2.50. The molecule has 0 aromatic carbocycles. The average Bonchev–Trinajstić information content (AvgIpc) is 2.81. The van der Waals surface area contributed by atoms with E-state index in [2.05, 4.69) is 17.0 Å². The van der Waals surface area contributed by atoms with Crippen molar-refractivity contribution in [1.29, 1.82) is 0 Å². The van der Waals surface area contributed by atoms with E-state index in [0.29, 0.717) is 5.75 Å². The van der Waals surface area contributed by atoms with Crippen LogP contribution in [0.15, 0.2) is 6.20 Å². The number of rotatable bonds is 4. The smallest absolute Gasteiger partial charge is 0.162 e. The SMILES string of the molecule is CCn1ncc(OC)c1C(O)C1CSCCN1C. The molecule has 1 aliphatic rings. The highest BCUT2D eigenvalue weighted by Crippen LogP contribution is 2.32. The largest absolute Gasteiger partial charge is 0.493 e. The van der Waals surface area contributed by atoms with Crippen molar-refractivity contribution in [2.24, 2.45) is 0 Å². The number of hydrogen-bond acceptors (Lipinski definition) is 5. The van der Waals surface area contributed by atoms with Crippen LogP contribution in [0.2, 0.25) is 0 Å². The van der Waals surface area contributed by atoms with Crippen LogP contribution in [-0.2, 0) is 6.54 Å². The first-order chi connectivity index (χ1) is 8.69. The standard InChI is InChI=1S/C12H21N3O2S/c1-4-15-11(10(17-3)7-13-15)12(16)9-8-18-6-5-14(9)2/h7,9,12,16H,4-6,8H2,1-3H3. The topological polar surface area (TPSA) is 50.5 Å². The highest BCUT2D eigenvalue weighted by atomic mass is 32.2. The van der Waals surface area contributed by atoms with Crippen LogP contribution in [0, 0.1) is 0 Å². The zero-order chi connectivity index (χ0) is 13.1. The summed E-state index contributed by atoms with van der Waals surface area (Å²) in [4.78, 5) is 2.22. The van der Waals surface area contributed by atoms with Crippen LogP contribution in [0.4, 0.5) is 0 Å². The lowest BCUT2D eigenvalue weighted by Gasteiger charge is -2.35. The van der Waals surface area contributed by atoms with Gasteiger partial charge in [0.1, 0.15) is 11.8 Å². The van der Waals surface area contributed by atoms with Crippen molar-refractivity contribution in [2.45, 2.75) is 25.6 Å². The first kappa shape index (κ1) is 13.7. The van der Waals surface area contributed by atoms with Gasteiger partial charge >= 0.3 is 0 Å². The van der Waals surface area contributed by atoms with Gasteiger partial charge in [-0.1, -0.05) is 0 Å². The molecule has 5 nitrogen and oxygen atoms in total. The van der Waals surface area contributed by atoms with E-state index in [1.807, 2.05) is 23.4 Å². The molecule has 1 aromatic heterocycles. The molecule has 2 rings (SSSR count). The van der Waals surface area contributed by atoms with Crippen molar-refractivity contribution in [1.82, 2.24) is 14.7 Å². The molecule has 1 aromatic rings. The van der Waals surface area contributed by atoms with Crippen LogP contribution in [0.5, 0.6) is 5.75 Å². The van der Waals surface area contributed by atoms with Crippen LogP contribution >= 0.6 is 11.8 Å². The van der Waals surface area contributed by atoms with Gasteiger partial charge in [-0.25, -0.2) is 0 Å². The van der Waals surface area contributed by atoms with Crippen molar-refractivity contribution >= 4 is 11.8 Å². The van der Waals surface area contributed by atoms with Crippen molar-refractivity contribution < 1.29 is 9.84 Å². The average molecular weight is 271 g/mol. The van der Waals surface area contributed by atoms with Gasteiger partial charge in [0.25, 0.3) is 0 Å². The number of thioether (sulfide) groups is 1. The molecule has 2 unspecified atom stereocenters. The number of ether oxygens (including phenoxy) is 1. The summed E-state index contributed by atoms with van der Waals surface area (Å²) in [5, 5.41) is 14.9. The summed E-state index contributed by atoms with van der Waals surface area (Å²) in [6.45, 7) is 3.76. The minimum absolute atomic E-state index is 0.125. The van der Waals surface area contributed by atoms with Gasteiger partial charge < -0.3 is 9.84 Å². The Balaban J connectivity index is 2.26. The molecule has 0 aliphatic carbocycles. The monoisotopic (exact) mass is 271 g/mol. The number of nitrogens with zero attached hydrogens (tertiary/aromatic N) is 3. The minimum atomic E-state index is -0.555. The van der Waals surface area contributed by atoms with E-state index < -0.39 is 6.10 Å². The molecule has 1 fully saturated rings. The number of aryl methyl sites for hydroxylation is 1. The van der Waals surface area contributed by atoms with Crippen molar-refractivity contribution in [2.75, 3.05) is 32.2 Å². The van der Waals surface area contributed by atoms with Gasteiger partial charge in [0.2, 0.25) is 0 Å². The Bertz CT molecular complexity index is 375. The predicted molar refractivity (Wildman–Crippen MR) is 73.2 cm³/mol. The molecule has 0 amide bonds. The van der Waals surface area contributed by atoms with Crippen LogP contribution in [0.1, 0.15) is 18.7 Å². The first-order valence-corrected chi connectivity index (χ1v) is 7.40. The number of methoxy groups -OCH3 is 1. The van der Waals surface area contributed by atoms with Gasteiger partial charge in [-0.3, -0.25) is 9.58 Å². The second-order valence-corrected chi connectivity index (χ2v) is 5.63. The second kappa shape index (κ2) is 5.95. The Kier molecular flexibility index (Phi) is 4.53. The number of hydrogen-bond donors (Lipinski definition) is 1. The van der Waals surface area contributed by atoms with Gasteiger partial charge in [0, 0.05) is 24.6 Å². The normalized spacial score (nSPS) is 23.0. The highest BCUT2D eigenvalue weighted by Gasteiger charge is 2.32. The molecule has 0 bridgehead atoms. The molecule has 1 N–H and O–H groups in total. The van der Waals surface area contributed by atoms with E-state index in [1.165, 1.54) is 0 Å². The van der Waals surface area contributed by atoms with E-state index in [1.54, 1.807) is 13.3 Å². The Morgan fingerprint density at radius 2 is 2.44 bits per heavy atom. The lowest BCUT2D eigenvalue weighted by Crippen LogP contribution is -2.43. The van der Waals surface area contributed by atoms with Gasteiger partial charge in [-0.05, 0) is 14.0 Å². The summed E-state index contributed by atoms with van der Waals surface area (Å²) in [6, 6.07) is 0.125. The first-order valence-electron chi connectivity index (χ1n) is 6.24. The maximum atomic E-state index is 10.6. The molecule has 0 saturated carbocycles. The maximum Gasteiger partial charge on any atom is 0.162 e. The zero-order valence-corrected chi connectivity index (χ0v) is 12.0. The Hall–Kier alpha value is -0.720. The molecule has 6 heteroatoms. The predicted octanol–water partition coefficient (Wildman–Crippen LogP) is 0.992. The van der Waals surface area contributed by atoms with Crippen molar-refractivity contribution in [3.63, 3.8) is 0 Å². The molecule has 2 atom stereocenters. The highest BCUT2D eigenvalue weighted by molar-refractivity contribution is 7.99. The number of aromatic nitrogens is 2. The van der Waals surface area contributed by atoms with Gasteiger partial charge in [-0.15, -0.1) is 0 Å². The molecular weight excluding hydrogens is 250 g/mol. The van der Waals surface area contributed by atoms with Crippen LogP contribution in [0.25, 0.3) is 0 Å². The van der Waals surface area contributed by atoms with Crippen molar-refractivity contribution in [3.05, 3.63) is 11.9 Å². The van der Waals surface area contributed by atoms with Gasteiger partial charge in [-0.2, -0.15) is 16.9 Å². The Morgan fingerprint density at radius 3 is 3.06 bits per heavy atom. The van der Waals surface area contributed by atoms with Crippen LogP contribution in [0.3, 0.4) is 0 Å². The van der Waals surface area contributed by atoms with E-state index in [9.17, 15) is 5.11 Å². The molecule has 2 heterocycles. The molecule has 1 aliphatic heterocycles. The maximum absolute atomic E-state index is 10.6.